The number of anilines is 1. The zero-order valence-corrected chi connectivity index (χ0v) is 13.4. The number of aromatic nitrogens is 1. The van der Waals surface area contributed by atoms with E-state index in [0.717, 1.165) is 23.6 Å². The average Bonchev–Trinajstić information content (AvgIpc) is 2.53. The molecule has 24 heavy (non-hydrogen) atoms. The molecule has 0 aliphatic carbocycles. The van der Waals surface area contributed by atoms with E-state index in [1.807, 2.05) is 18.2 Å². The van der Waals surface area contributed by atoms with Gasteiger partial charge in [-0.15, -0.1) is 13.2 Å². The van der Waals surface area contributed by atoms with E-state index in [4.69, 9.17) is 0 Å². The molecule has 1 aromatic carbocycles. The van der Waals surface area contributed by atoms with E-state index in [1.54, 1.807) is 18.0 Å². The molecular weight excluding hydrogens is 341 g/mol. The summed E-state index contributed by atoms with van der Waals surface area (Å²) in [5, 5.41) is 2.63. The van der Waals surface area contributed by atoms with E-state index in [1.165, 1.54) is 12.1 Å². The van der Waals surface area contributed by atoms with Crippen LogP contribution in [0.3, 0.4) is 0 Å². The number of hydrogen-bond acceptors (Lipinski definition) is 4. The minimum absolute atomic E-state index is 0.201. The van der Waals surface area contributed by atoms with Gasteiger partial charge in [0.05, 0.1) is 5.69 Å². The average molecular weight is 356 g/mol. The van der Waals surface area contributed by atoms with Crippen LogP contribution in [0.15, 0.2) is 48.7 Å². The summed E-state index contributed by atoms with van der Waals surface area (Å²) in [5.74, 6) is 0.814. The van der Waals surface area contributed by atoms with Crippen molar-refractivity contribution in [1.29, 1.82) is 0 Å². The SMILES string of the molecule is O=C(CCSCc1ccccn1)Nc1ccc(OC(F)(F)F)cc1. The molecule has 8 heteroatoms. The van der Waals surface area contributed by atoms with Crippen LogP contribution in [-0.2, 0) is 10.5 Å². The van der Waals surface area contributed by atoms with Gasteiger partial charge in [-0.1, -0.05) is 6.07 Å². The van der Waals surface area contributed by atoms with Crippen molar-refractivity contribution in [2.45, 2.75) is 18.5 Å². The molecule has 0 saturated heterocycles. The predicted octanol–water partition coefficient (Wildman–Crippen LogP) is 4.24. The lowest BCUT2D eigenvalue weighted by atomic mass is 10.3. The molecule has 0 saturated carbocycles. The fourth-order valence-corrected chi connectivity index (χ4v) is 2.64. The van der Waals surface area contributed by atoms with E-state index in [-0.39, 0.29) is 11.7 Å². The van der Waals surface area contributed by atoms with Crippen molar-refractivity contribution in [2.24, 2.45) is 0 Å². The Morgan fingerprint density at radius 3 is 2.54 bits per heavy atom. The molecule has 1 heterocycles. The number of benzene rings is 1. The first-order chi connectivity index (χ1) is 11.4. The molecule has 128 valence electrons. The monoisotopic (exact) mass is 356 g/mol. The van der Waals surface area contributed by atoms with Crippen LogP contribution < -0.4 is 10.1 Å². The summed E-state index contributed by atoms with van der Waals surface area (Å²) in [5.41, 5.74) is 1.37. The van der Waals surface area contributed by atoms with Gasteiger partial charge in [0.1, 0.15) is 5.75 Å². The second-order valence-electron chi connectivity index (χ2n) is 4.74. The summed E-state index contributed by atoms with van der Waals surface area (Å²) >= 11 is 1.59. The molecule has 0 atom stereocenters. The molecule has 0 unspecified atom stereocenters. The number of thioether (sulfide) groups is 1. The largest absolute Gasteiger partial charge is 0.573 e. The number of carbonyl (C=O) groups is 1. The van der Waals surface area contributed by atoms with E-state index in [0.29, 0.717) is 17.9 Å². The van der Waals surface area contributed by atoms with Crippen molar-refractivity contribution in [3.8, 4) is 5.75 Å². The Bertz CT molecular complexity index is 649. The number of amides is 1. The first kappa shape index (κ1) is 18.1. The summed E-state index contributed by atoms with van der Waals surface area (Å²) in [7, 11) is 0. The molecule has 1 N–H and O–H groups in total. The van der Waals surface area contributed by atoms with Crippen molar-refractivity contribution >= 4 is 23.4 Å². The Morgan fingerprint density at radius 1 is 1.17 bits per heavy atom. The first-order valence-corrected chi connectivity index (χ1v) is 8.21. The summed E-state index contributed by atoms with van der Waals surface area (Å²) in [6.45, 7) is 0. The molecule has 0 spiro atoms. The fraction of sp³-hybridized carbons (Fsp3) is 0.250. The molecule has 0 radical (unpaired) electrons. The van der Waals surface area contributed by atoms with Crippen LogP contribution in [0.4, 0.5) is 18.9 Å². The van der Waals surface area contributed by atoms with Crippen molar-refractivity contribution in [3.05, 3.63) is 54.4 Å². The Morgan fingerprint density at radius 2 is 1.92 bits per heavy atom. The van der Waals surface area contributed by atoms with Gasteiger partial charge in [-0.05, 0) is 36.4 Å². The van der Waals surface area contributed by atoms with Gasteiger partial charge in [-0.2, -0.15) is 11.8 Å². The van der Waals surface area contributed by atoms with E-state index in [9.17, 15) is 18.0 Å². The van der Waals surface area contributed by atoms with Crippen LogP contribution in [0.2, 0.25) is 0 Å². The third-order valence-electron chi connectivity index (χ3n) is 2.82. The zero-order valence-electron chi connectivity index (χ0n) is 12.5. The third kappa shape index (κ3) is 6.91. The number of halogens is 3. The highest BCUT2D eigenvalue weighted by Gasteiger charge is 2.30. The van der Waals surface area contributed by atoms with Crippen molar-refractivity contribution < 1.29 is 22.7 Å². The van der Waals surface area contributed by atoms with Crippen molar-refractivity contribution in [3.63, 3.8) is 0 Å². The molecule has 0 aliphatic heterocycles. The lowest BCUT2D eigenvalue weighted by Crippen LogP contribution is -2.17. The van der Waals surface area contributed by atoms with Gasteiger partial charge in [-0.25, -0.2) is 0 Å². The van der Waals surface area contributed by atoms with Crippen LogP contribution in [0.1, 0.15) is 12.1 Å². The number of nitrogens with one attached hydrogen (secondary N) is 1. The number of hydrogen-bond donors (Lipinski definition) is 1. The summed E-state index contributed by atoms with van der Waals surface area (Å²) in [6, 6.07) is 10.7. The van der Waals surface area contributed by atoms with Gasteiger partial charge in [0.25, 0.3) is 0 Å². The van der Waals surface area contributed by atoms with Crippen molar-refractivity contribution in [1.82, 2.24) is 4.98 Å². The number of pyridine rings is 1. The summed E-state index contributed by atoms with van der Waals surface area (Å²) in [4.78, 5) is 16.0. The molecule has 0 aliphatic rings. The van der Waals surface area contributed by atoms with E-state index < -0.39 is 6.36 Å². The van der Waals surface area contributed by atoms with Crippen LogP contribution in [0.5, 0.6) is 5.75 Å². The van der Waals surface area contributed by atoms with Gasteiger partial charge in [-0.3, -0.25) is 9.78 Å². The molecule has 2 aromatic rings. The Labute approximate surface area is 141 Å². The van der Waals surface area contributed by atoms with E-state index in [2.05, 4.69) is 15.0 Å². The maximum atomic E-state index is 12.0. The van der Waals surface area contributed by atoms with Crippen LogP contribution >= 0.6 is 11.8 Å². The van der Waals surface area contributed by atoms with Gasteiger partial charge in [0.2, 0.25) is 5.91 Å². The van der Waals surface area contributed by atoms with Crippen LogP contribution in [0, 0.1) is 0 Å². The number of nitrogens with zero attached hydrogens (tertiary/aromatic N) is 1. The normalized spacial score (nSPS) is 11.1. The lowest BCUT2D eigenvalue weighted by Gasteiger charge is -2.10. The summed E-state index contributed by atoms with van der Waals surface area (Å²) < 4.78 is 39.9. The van der Waals surface area contributed by atoms with E-state index >= 15 is 0 Å². The second-order valence-corrected chi connectivity index (χ2v) is 5.85. The molecule has 1 aromatic heterocycles. The first-order valence-electron chi connectivity index (χ1n) is 7.06. The number of alkyl halides is 3. The molecule has 4 nitrogen and oxygen atoms in total. The Balaban J connectivity index is 1.70. The minimum atomic E-state index is -4.73. The Kier molecular flexibility index (Phi) is 6.48. The predicted molar refractivity (Wildman–Crippen MR) is 86.8 cm³/mol. The quantitative estimate of drug-likeness (QED) is 0.754. The molecule has 0 bridgehead atoms. The van der Waals surface area contributed by atoms with Gasteiger partial charge in [0.15, 0.2) is 0 Å². The number of carbonyl (C=O) groups excluding carboxylic acids is 1. The maximum absolute atomic E-state index is 12.0. The van der Waals surface area contributed by atoms with Gasteiger partial charge >= 0.3 is 6.36 Å². The van der Waals surface area contributed by atoms with Gasteiger partial charge in [0, 0.05) is 29.8 Å². The standard InChI is InChI=1S/C16H15F3N2O2S/c17-16(18,19)23-14-6-4-12(5-7-14)21-15(22)8-10-24-11-13-3-1-2-9-20-13/h1-7,9H,8,10-11H2,(H,21,22). The number of rotatable bonds is 7. The molecule has 0 fully saturated rings. The fourth-order valence-electron chi connectivity index (χ4n) is 1.79. The topological polar surface area (TPSA) is 51.2 Å². The van der Waals surface area contributed by atoms with Crippen LogP contribution in [0.25, 0.3) is 0 Å². The highest BCUT2D eigenvalue weighted by Crippen LogP contribution is 2.24. The molecular formula is C16H15F3N2O2S. The number of ether oxygens (including phenoxy) is 1. The summed E-state index contributed by atoms with van der Waals surface area (Å²) in [6.07, 6.45) is -2.71. The Hall–Kier alpha value is -2.22. The highest BCUT2D eigenvalue weighted by atomic mass is 32.2. The molecule has 1 amide bonds. The smallest absolute Gasteiger partial charge is 0.406 e. The van der Waals surface area contributed by atoms with Crippen molar-refractivity contribution in [2.75, 3.05) is 11.1 Å². The van der Waals surface area contributed by atoms with Gasteiger partial charge < -0.3 is 10.1 Å². The third-order valence-corrected chi connectivity index (χ3v) is 3.81. The highest BCUT2D eigenvalue weighted by molar-refractivity contribution is 7.98. The maximum Gasteiger partial charge on any atom is 0.573 e. The van der Waals surface area contributed by atoms with Crippen LogP contribution in [-0.4, -0.2) is 23.0 Å². The zero-order chi connectivity index (χ0) is 17.4. The second kappa shape index (κ2) is 8.58. The minimum Gasteiger partial charge on any atom is -0.406 e. The molecule has 2 rings (SSSR count). The lowest BCUT2D eigenvalue weighted by molar-refractivity contribution is -0.274.